The molecule has 0 radical (unpaired) electrons. The van der Waals surface area contributed by atoms with Gasteiger partial charge in [0, 0.05) is 5.56 Å². The Balaban J connectivity index is 0.00000137. The molecule has 0 atom stereocenters. The van der Waals surface area contributed by atoms with Crippen LogP contribution in [0.25, 0.3) is 0 Å². The highest BCUT2D eigenvalue weighted by molar-refractivity contribution is 5.46. The van der Waals surface area contributed by atoms with Crippen molar-refractivity contribution in [3.8, 4) is 12.3 Å². The fourth-order valence-electron chi connectivity index (χ4n) is 1.76. The van der Waals surface area contributed by atoms with Crippen molar-refractivity contribution < 1.29 is 0 Å². The molecule has 100 valence electrons. The molecule has 0 spiro atoms. The van der Waals surface area contributed by atoms with E-state index in [9.17, 15) is 0 Å². The zero-order valence-corrected chi connectivity index (χ0v) is 13.3. The summed E-state index contributed by atoms with van der Waals surface area (Å²) < 4.78 is 0. The first-order valence-corrected chi connectivity index (χ1v) is 6.78. The number of rotatable bonds is 0. The quantitative estimate of drug-likeness (QED) is 0.544. The molecule has 0 saturated heterocycles. The SMILES string of the molecule is C#Cc1ccc(C(C)(C)C)cc1C(C)(C)C.CC. The fourth-order valence-corrected chi connectivity index (χ4v) is 1.76. The van der Waals surface area contributed by atoms with E-state index in [1.165, 1.54) is 11.1 Å². The standard InChI is InChI=1S/C16H22.C2H6/c1-8-12-9-10-13(15(2,3)4)11-14(12)16(5,6)7;1-2/h1,9-11H,2-7H3;1-2H3. The topological polar surface area (TPSA) is 0 Å². The lowest BCUT2D eigenvalue weighted by atomic mass is 9.78. The first kappa shape index (κ1) is 16.8. The normalized spacial score (nSPS) is 11.3. The van der Waals surface area contributed by atoms with Crippen LogP contribution in [0.15, 0.2) is 18.2 Å². The summed E-state index contributed by atoms with van der Waals surface area (Å²) in [5.41, 5.74) is 3.90. The maximum atomic E-state index is 5.56. The molecule has 0 unspecified atom stereocenters. The maximum absolute atomic E-state index is 5.56. The van der Waals surface area contributed by atoms with Crippen LogP contribution in [0.4, 0.5) is 0 Å². The summed E-state index contributed by atoms with van der Waals surface area (Å²) >= 11 is 0. The molecule has 0 bridgehead atoms. The van der Waals surface area contributed by atoms with E-state index in [4.69, 9.17) is 6.42 Å². The number of hydrogen-bond donors (Lipinski definition) is 0. The van der Waals surface area contributed by atoms with Crippen LogP contribution >= 0.6 is 0 Å². The molecule has 0 aliphatic carbocycles. The molecule has 0 nitrogen and oxygen atoms in total. The molecule has 18 heavy (non-hydrogen) atoms. The molecule has 0 amide bonds. The van der Waals surface area contributed by atoms with Gasteiger partial charge in [-0.25, -0.2) is 0 Å². The van der Waals surface area contributed by atoms with Gasteiger partial charge in [0.2, 0.25) is 0 Å². The van der Waals surface area contributed by atoms with E-state index in [2.05, 4.69) is 65.7 Å². The molecule has 0 fully saturated rings. The fraction of sp³-hybridized carbons (Fsp3) is 0.556. The second-order valence-corrected chi connectivity index (χ2v) is 6.40. The highest BCUT2D eigenvalue weighted by Gasteiger charge is 2.21. The highest BCUT2D eigenvalue weighted by atomic mass is 14.2. The Labute approximate surface area is 114 Å². The molecule has 1 aromatic carbocycles. The van der Waals surface area contributed by atoms with Gasteiger partial charge in [-0.15, -0.1) is 6.42 Å². The lowest BCUT2D eigenvalue weighted by molar-refractivity contribution is 0.567. The van der Waals surface area contributed by atoms with Crippen LogP contribution in [-0.2, 0) is 10.8 Å². The zero-order valence-electron chi connectivity index (χ0n) is 13.3. The van der Waals surface area contributed by atoms with Crippen LogP contribution in [0.1, 0.15) is 72.1 Å². The molecule has 0 N–H and O–H groups in total. The van der Waals surface area contributed by atoms with Crippen molar-refractivity contribution in [3.63, 3.8) is 0 Å². The molecule has 0 aromatic heterocycles. The van der Waals surface area contributed by atoms with Crippen molar-refractivity contribution in [3.05, 3.63) is 34.9 Å². The summed E-state index contributed by atoms with van der Waals surface area (Å²) in [4.78, 5) is 0. The van der Waals surface area contributed by atoms with Gasteiger partial charge in [-0.1, -0.05) is 73.4 Å². The van der Waals surface area contributed by atoms with Gasteiger partial charge in [0.25, 0.3) is 0 Å². The van der Waals surface area contributed by atoms with E-state index in [0.29, 0.717) is 0 Å². The van der Waals surface area contributed by atoms with Gasteiger partial charge in [0.1, 0.15) is 0 Å². The van der Waals surface area contributed by atoms with Gasteiger partial charge < -0.3 is 0 Å². The predicted molar refractivity (Wildman–Crippen MR) is 83.1 cm³/mol. The lowest BCUT2D eigenvalue weighted by Crippen LogP contribution is -2.17. The molecular formula is C18H28. The minimum Gasteiger partial charge on any atom is -0.115 e. The van der Waals surface area contributed by atoms with Crippen molar-refractivity contribution in [2.24, 2.45) is 0 Å². The van der Waals surface area contributed by atoms with Crippen LogP contribution in [0.2, 0.25) is 0 Å². The van der Waals surface area contributed by atoms with Crippen LogP contribution in [0.3, 0.4) is 0 Å². The third-order valence-electron chi connectivity index (χ3n) is 2.85. The van der Waals surface area contributed by atoms with Gasteiger partial charge in [-0.2, -0.15) is 0 Å². The third kappa shape index (κ3) is 4.22. The monoisotopic (exact) mass is 244 g/mol. The average molecular weight is 244 g/mol. The van der Waals surface area contributed by atoms with E-state index in [-0.39, 0.29) is 10.8 Å². The van der Waals surface area contributed by atoms with Gasteiger partial charge in [-0.3, -0.25) is 0 Å². The molecule has 0 heteroatoms. The summed E-state index contributed by atoms with van der Waals surface area (Å²) in [6, 6.07) is 6.47. The number of terminal acetylenes is 1. The molecule has 0 heterocycles. The Bertz CT molecular complexity index is 417. The van der Waals surface area contributed by atoms with Gasteiger partial charge in [0.05, 0.1) is 0 Å². The van der Waals surface area contributed by atoms with E-state index in [0.717, 1.165) is 5.56 Å². The van der Waals surface area contributed by atoms with Gasteiger partial charge >= 0.3 is 0 Å². The second kappa shape index (κ2) is 6.10. The Morgan fingerprint density at radius 3 is 1.72 bits per heavy atom. The Hall–Kier alpha value is -1.22. The molecule has 0 aliphatic rings. The Morgan fingerprint density at radius 2 is 1.39 bits per heavy atom. The third-order valence-corrected chi connectivity index (χ3v) is 2.85. The largest absolute Gasteiger partial charge is 0.115 e. The van der Waals surface area contributed by atoms with Crippen LogP contribution in [0, 0.1) is 12.3 Å². The second-order valence-electron chi connectivity index (χ2n) is 6.40. The van der Waals surface area contributed by atoms with E-state index < -0.39 is 0 Å². The first-order valence-electron chi connectivity index (χ1n) is 6.78. The van der Waals surface area contributed by atoms with Gasteiger partial charge in [0.15, 0.2) is 0 Å². The molecular weight excluding hydrogens is 216 g/mol. The summed E-state index contributed by atoms with van der Waals surface area (Å²) in [5.74, 6) is 2.78. The van der Waals surface area contributed by atoms with Crippen molar-refractivity contribution >= 4 is 0 Å². The summed E-state index contributed by atoms with van der Waals surface area (Å²) in [6.07, 6.45) is 5.56. The maximum Gasteiger partial charge on any atom is 0.0280 e. The minimum atomic E-state index is 0.100. The van der Waals surface area contributed by atoms with Crippen LogP contribution in [0.5, 0.6) is 0 Å². The molecule has 1 rings (SSSR count). The van der Waals surface area contributed by atoms with E-state index in [1.54, 1.807) is 0 Å². The number of benzene rings is 1. The zero-order chi connectivity index (χ0) is 14.6. The van der Waals surface area contributed by atoms with Crippen molar-refractivity contribution in [2.75, 3.05) is 0 Å². The molecule has 0 aliphatic heterocycles. The van der Waals surface area contributed by atoms with Crippen molar-refractivity contribution in [2.45, 2.75) is 66.2 Å². The van der Waals surface area contributed by atoms with Crippen LogP contribution in [-0.4, -0.2) is 0 Å². The average Bonchev–Trinajstić information content (AvgIpc) is 2.28. The summed E-state index contributed by atoms with van der Waals surface area (Å²) in [6.45, 7) is 17.3. The van der Waals surface area contributed by atoms with Crippen molar-refractivity contribution in [1.29, 1.82) is 0 Å². The van der Waals surface area contributed by atoms with Gasteiger partial charge in [-0.05, 0) is 28.0 Å². The van der Waals surface area contributed by atoms with E-state index in [1.807, 2.05) is 13.8 Å². The Kier molecular flexibility index (Phi) is 5.68. The van der Waals surface area contributed by atoms with Crippen LogP contribution < -0.4 is 0 Å². The molecule has 1 aromatic rings. The summed E-state index contributed by atoms with van der Waals surface area (Å²) in [7, 11) is 0. The smallest absolute Gasteiger partial charge is 0.0280 e. The lowest BCUT2D eigenvalue weighted by Gasteiger charge is -2.26. The molecule has 0 saturated carbocycles. The predicted octanol–water partition coefficient (Wildman–Crippen LogP) is 5.29. The first-order chi connectivity index (χ1) is 8.16. The minimum absolute atomic E-state index is 0.100. The number of hydrogen-bond acceptors (Lipinski definition) is 0. The highest BCUT2D eigenvalue weighted by Crippen LogP contribution is 2.30. The van der Waals surface area contributed by atoms with E-state index >= 15 is 0 Å². The van der Waals surface area contributed by atoms with Crippen molar-refractivity contribution in [1.82, 2.24) is 0 Å². The Morgan fingerprint density at radius 1 is 0.889 bits per heavy atom. The summed E-state index contributed by atoms with van der Waals surface area (Å²) in [5, 5.41) is 0.